The third-order valence-electron chi connectivity index (χ3n) is 4.76. The molecule has 2 rings (SSSR count). The van der Waals surface area contributed by atoms with E-state index < -0.39 is 0 Å². The van der Waals surface area contributed by atoms with Crippen LogP contribution in [0.3, 0.4) is 0 Å². The number of nitrogens with one attached hydrogen (secondary N) is 2. The van der Waals surface area contributed by atoms with E-state index in [9.17, 15) is 0 Å². The first-order chi connectivity index (χ1) is 12.2. The maximum Gasteiger partial charge on any atom is 0.191 e. The normalized spacial score (nSPS) is 16.2. The predicted octanol–water partition coefficient (Wildman–Crippen LogP) is 3.07. The van der Waals surface area contributed by atoms with Gasteiger partial charge in [0, 0.05) is 38.5 Å². The minimum Gasteiger partial charge on any atom is -0.357 e. The van der Waals surface area contributed by atoms with Crippen molar-refractivity contribution in [2.45, 2.75) is 91.1 Å². The van der Waals surface area contributed by atoms with E-state index in [4.69, 9.17) is 4.99 Å². The molecular formula is C19H36N6. The SMILES string of the molecule is CCCCCC(C)NC(=NCCc1nnc2n1CCCCC2)NCC. The lowest BCUT2D eigenvalue weighted by molar-refractivity contribution is 0.546. The highest BCUT2D eigenvalue weighted by Gasteiger charge is 2.14. The Morgan fingerprint density at radius 1 is 1.20 bits per heavy atom. The van der Waals surface area contributed by atoms with Crippen molar-refractivity contribution < 1.29 is 0 Å². The molecule has 1 unspecified atom stereocenters. The summed E-state index contributed by atoms with van der Waals surface area (Å²) >= 11 is 0. The quantitative estimate of drug-likeness (QED) is 0.409. The monoisotopic (exact) mass is 348 g/mol. The van der Waals surface area contributed by atoms with Crippen LogP contribution in [-0.4, -0.2) is 39.9 Å². The number of unbranched alkanes of at least 4 members (excludes halogenated alkanes) is 2. The Balaban J connectivity index is 1.85. The number of aliphatic imine (C=N–C) groups is 1. The number of rotatable bonds is 9. The topological polar surface area (TPSA) is 67.1 Å². The molecule has 0 saturated heterocycles. The molecule has 0 amide bonds. The second-order valence-corrected chi connectivity index (χ2v) is 7.05. The molecule has 2 N–H and O–H groups in total. The summed E-state index contributed by atoms with van der Waals surface area (Å²) in [5.74, 6) is 3.17. The van der Waals surface area contributed by atoms with Crippen molar-refractivity contribution in [1.29, 1.82) is 0 Å². The number of aryl methyl sites for hydroxylation is 1. The molecule has 2 heterocycles. The van der Waals surface area contributed by atoms with Crippen molar-refractivity contribution in [3.63, 3.8) is 0 Å². The summed E-state index contributed by atoms with van der Waals surface area (Å²) in [6.07, 6.45) is 10.7. The van der Waals surface area contributed by atoms with Gasteiger partial charge in [-0.15, -0.1) is 10.2 Å². The van der Waals surface area contributed by atoms with Crippen molar-refractivity contribution in [3.05, 3.63) is 11.6 Å². The number of fused-ring (bicyclic) bond motifs is 1. The molecule has 1 aromatic heterocycles. The van der Waals surface area contributed by atoms with Gasteiger partial charge in [0.25, 0.3) is 0 Å². The number of guanidine groups is 1. The van der Waals surface area contributed by atoms with E-state index in [0.717, 1.165) is 50.1 Å². The maximum atomic E-state index is 4.74. The van der Waals surface area contributed by atoms with Gasteiger partial charge in [-0.2, -0.15) is 0 Å². The molecule has 6 nitrogen and oxygen atoms in total. The fourth-order valence-electron chi connectivity index (χ4n) is 3.32. The van der Waals surface area contributed by atoms with Gasteiger partial charge in [0.15, 0.2) is 5.96 Å². The molecule has 0 saturated carbocycles. The second-order valence-electron chi connectivity index (χ2n) is 7.05. The number of hydrogen-bond donors (Lipinski definition) is 2. The summed E-state index contributed by atoms with van der Waals surface area (Å²) < 4.78 is 2.32. The van der Waals surface area contributed by atoms with Crippen LogP contribution in [0.1, 0.15) is 77.4 Å². The van der Waals surface area contributed by atoms with Crippen molar-refractivity contribution in [2.24, 2.45) is 4.99 Å². The molecule has 1 aromatic rings. The lowest BCUT2D eigenvalue weighted by Crippen LogP contribution is -2.42. The minimum absolute atomic E-state index is 0.453. The van der Waals surface area contributed by atoms with Gasteiger partial charge in [-0.3, -0.25) is 4.99 Å². The standard InChI is InChI=1S/C19H36N6/c1-4-6-8-11-16(3)22-19(20-5-2)21-14-13-18-24-23-17-12-9-7-10-15-25(17)18/h16H,4-15H2,1-3H3,(H2,20,21,22). The molecular weight excluding hydrogens is 312 g/mol. The van der Waals surface area contributed by atoms with Crippen LogP contribution in [0, 0.1) is 0 Å². The molecule has 0 aliphatic carbocycles. The van der Waals surface area contributed by atoms with E-state index in [1.807, 2.05) is 0 Å². The van der Waals surface area contributed by atoms with Gasteiger partial charge >= 0.3 is 0 Å². The molecule has 0 fully saturated rings. The zero-order valence-corrected chi connectivity index (χ0v) is 16.4. The fourth-order valence-corrected chi connectivity index (χ4v) is 3.32. The summed E-state index contributed by atoms with van der Waals surface area (Å²) in [4.78, 5) is 4.74. The lowest BCUT2D eigenvalue weighted by atomic mass is 10.1. The van der Waals surface area contributed by atoms with Gasteiger partial charge in [0.05, 0.1) is 0 Å². The Labute approximate surface area is 152 Å². The smallest absolute Gasteiger partial charge is 0.191 e. The Morgan fingerprint density at radius 2 is 2.08 bits per heavy atom. The Hall–Kier alpha value is -1.59. The molecule has 0 bridgehead atoms. The van der Waals surface area contributed by atoms with Crippen molar-refractivity contribution in [2.75, 3.05) is 13.1 Å². The fraction of sp³-hybridized carbons (Fsp3) is 0.842. The lowest BCUT2D eigenvalue weighted by Gasteiger charge is -2.17. The van der Waals surface area contributed by atoms with Gasteiger partial charge in [-0.1, -0.05) is 32.6 Å². The predicted molar refractivity (Wildman–Crippen MR) is 104 cm³/mol. The molecule has 0 radical (unpaired) electrons. The Morgan fingerprint density at radius 3 is 2.88 bits per heavy atom. The maximum absolute atomic E-state index is 4.74. The summed E-state index contributed by atoms with van der Waals surface area (Å²) in [5, 5.41) is 15.6. The van der Waals surface area contributed by atoms with Crippen LogP contribution in [0.15, 0.2) is 4.99 Å². The third kappa shape index (κ3) is 6.67. The molecule has 1 atom stereocenters. The number of nitrogens with zero attached hydrogens (tertiary/aromatic N) is 4. The molecule has 25 heavy (non-hydrogen) atoms. The zero-order valence-electron chi connectivity index (χ0n) is 16.4. The molecule has 6 heteroatoms. The average Bonchev–Trinajstić information content (AvgIpc) is 2.82. The summed E-state index contributed by atoms with van der Waals surface area (Å²) in [6.45, 7) is 9.28. The third-order valence-corrected chi connectivity index (χ3v) is 4.76. The van der Waals surface area contributed by atoms with Gasteiger partial charge in [-0.25, -0.2) is 0 Å². The minimum atomic E-state index is 0.453. The van der Waals surface area contributed by atoms with Crippen LogP contribution in [-0.2, 0) is 19.4 Å². The van der Waals surface area contributed by atoms with Crippen LogP contribution >= 0.6 is 0 Å². The van der Waals surface area contributed by atoms with Crippen molar-refractivity contribution >= 4 is 5.96 Å². The number of hydrogen-bond acceptors (Lipinski definition) is 3. The second kappa shape index (κ2) is 11.1. The van der Waals surface area contributed by atoms with Crippen LogP contribution in [0.5, 0.6) is 0 Å². The summed E-state index contributed by atoms with van der Waals surface area (Å²) in [6, 6.07) is 0.453. The van der Waals surface area contributed by atoms with E-state index in [1.165, 1.54) is 44.9 Å². The van der Waals surface area contributed by atoms with E-state index in [1.54, 1.807) is 0 Å². The number of aromatic nitrogens is 3. The first kappa shape index (κ1) is 19.7. The van der Waals surface area contributed by atoms with Crippen molar-refractivity contribution in [3.8, 4) is 0 Å². The summed E-state index contributed by atoms with van der Waals surface area (Å²) in [7, 11) is 0. The first-order valence-electron chi connectivity index (χ1n) is 10.2. The van der Waals surface area contributed by atoms with Gasteiger partial charge in [-0.05, 0) is 33.1 Å². The first-order valence-corrected chi connectivity index (χ1v) is 10.2. The van der Waals surface area contributed by atoms with E-state index >= 15 is 0 Å². The van der Waals surface area contributed by atoms with Crippen LogP contribution in [0.4, 0.5) is 0 Å². The van der Waals surface area contributed by atoms with Gasteiger partial charge in [0.2, 0.25) is 0 Å². The molecule has 0 aromatic carbocycles. The Bertz CT molecular complexity index is 522. The Kier molecular flexibility index (Phi) is 8.77. The van der Waals surface area contributed by atoms with Gasteiger partial charge in [0.1, 0.15) is 11.6 Å². The van der Waals surface area contributed by atoms with Crippen LogP contribution < -0.4 is 10.6 Å². The highest BCUT2D eigenvalue weighted by atomic mass is 15.3. The van der Waals surface area contributed by atoms with E-state index in [0.29, 0.717) is 6.04 Å². The largest absolute Gasteiger partial charge is 0.357 e. The molecule has 0 spiro atoms. The molecule has 142 valence electrons. The van der Waals surface area contributed by atoms with Gasteiger partial charge < -0.3 is 15.2 Å². The van der Waals surface area contributed by atoms with Crippen LogP contribution in [0.25, 0.3) is 0 Å². The molecule has 1 aliphatic heterocycles. The average molecular weight is 349 g/mol. The van der Waals surface area contributed by atoms with Crippen molar-refractivity contribution in [1.82, 2.24) is 25.4 Å². The summed E-state index contributed by atoms with van der Waals surface area (Å²) in [5.41, 5.74) is 0. The van der Waals surface area contributed by atoms with Crippen LogP contribution in [0.2, 0.25) is 0 Å². The highest BCUT2D eigenvalue weighted by Crippen LogP contribution is 2.14. The molecule has 1 aliphatic rings. The van der Waals surface area contributed by atoms with E-state index in [2.05, 4.69) is 46.2 Å². The zero-order chi connectivity index (χ0) is 17.9. The van der Waals surface area contributed by atoms with E-state index in [-0.39, 0.29) is 0 Å². The highest BCUT2D eigenvalue weighted by molar-refractivity contribution is 5.80.